The summed E-state index contributed by atoms with van der Waals surface area (Å²) in [7, 11) is 1.48. The van der Waals surface area contributed by atoms with Crippen LogP contribution in [0.15, 0.2) is 72.9 Å². The zero-order chi connectivity index (χ0) is 56.4. The van der Waals surface area contributed by atoms with Crippen molar-refractivity contribution in [2.75, 3.05) is 40.9 Å². The third-order valence-corrected chi connectivity index (χ3v) is 15.1. The van der Waals surface area contributed by atoms with Crippen LogP contribution in [0.5, 0.6) is 0 Å². The fourth-order valence-corrected chi connectivity index (χ4v) is 9.90. The Balaban J connectivity index is 5.10. The van der Waals surface area contributed by atoms with Gasteiger partial charge in [-0.2, -0.15) is 0 Å². The van der Waals surface area contributed by atoms with Crippen molar-refractivity contribution in [3.8, 4) is 0 Å². The summed E-state index contributed by atoms with van der Waals surface area (Å²) in [5.74, 6) is -0.526. The fourth-order valence-electron chi connectivity index (χ4n) is 9.16. The highest BCUT2D eigenvalue weighted by molar-refractivity contribution is 7.47. The van der Waals surface area contributed by atoms with Crippen molar-refractivity contribution in [1.29, 1.82) is 0 Å². The molecule has 0 fully saturated rings. The number of phosphoric ester groups is 1. The molecule has 0 aromatic heterocycles. The number of nitrogens with one attached hydrogen (secondary N) is 1. The summed E-state index contributed by atoms with van der Waals surface area (Å²) in [4.78, 5) is 37.7. The topological polar surface area (TPSA) is 111 Å². The molecule has 0 saturated heterocycles. The number of carbonyl (C=O) groups excluding carboxylic acids is 2. The predicted molar refractivity (Wildman–Crippen MR) is 332 cm³/mol. The molecule has 0 aromatic rings. The standard InChI is InChI=1S/C67H123N2O7P/c1-7-10-13-16-19-22-25-28-30-31-32-33-34-35-36-37-38-39-40-42-45-48-51-54-57-60-67(71)76-65(58-55-52-49-46-43-27-24-21-18-15-12-9-3)64(63-75-77(72,73)74-62-61-69(4,5)6)68-66(70)59-56-53-50-47-44-41-29-26-23-20-17-14-11-8-2/h11,14,19-20,22-23,28-30,41,55,58,64-65H,7-10,12-13,15-18,21,24-27,31-40,42-54,56-57,59-63H2,1-6H3,(H-,68,70,72,73)/p+1/b14-11+,22-19-,23-20+,30-28-,41-29+,58-55-. The zero-order valence-electron chi connectivity index (χ0n) is 51.2. The molecule has 0 heterocycles. The van der Waals surface area contributed by atoms with Crippen LogP contribution < -0.4 is 5.32 Å². The second-order valence-electron chi connectivity index (χ2n) is 22.9. The Morgan fingerprint density at radius 2 is 0.831 bits per heavy atom. The van der Waals surface area contributed by atoms with Gasteiger partial charge in [-0.25, -0.2) is 4.57 Å². The number of quaternary nitrogens is 1. The van der Waals surface area contributed by atoms with E-state index in [-0.39, 0.29) is 31.5 Å². The summed E-state index contributed by atoms with van der Waals surface area (Å²) < 4.78 is 30.7. The van der Waals surface area contributed by atoms with Crippen LogP contribution in [0.4, 0.5) is 0 Å². The number of likely N-dealkylation sites (N-methyl/N-ethyl adjacent to an activating group) is 1. The summed E-state index contributed by atoms with van der Waals surface area (Å²) in [6, 6.07) is -0.861. The van der Waals surface area contributed by atoms with E-state index in [1.807, 2.05) is 33.3 Å². The van der Waals surface area contributed by atoms with Crippen molar-refractivity contribution in [3.63, 3.8) is 0 Å². The van der Waals surface area contributed by atoms with Gasteiger partial charge in [-0.1, -0.05) is 255 Å². The molecule has 0 spiro atoms. The SMILES string of the molecule is CC/C=C/C/C=C/C/C=C/CCCCCCC(=O)NC(COP(=O)(O)OCC[N+](C)(C)C)C(/C=C\CCCCCCCCCCCC)OC(=O)CCCCCCCCCCCCCCCCC/C=C\C/C=C\CCCCC. The first kappa shape index (κ1) is 74.5. The summed E-state index contributed by atoms with van der Waals surface area (Å²) in [5.41, 5.74) is 0. The van der Waals surface area contributed by atoms with Gasteiger partial charge in [0.15, 0.2) is 0 Å². The second-order valence-corrected chi connectivity index (χ2v) is 24.4. The molecular formula is C67H124N2O7P+. The lowest BCUT2D eigenvalue weighted by Crippen LogP contribution is -2.47. The molecule has 3 atom stereocenters. The van der Waals surface area contributed by atoms with Gasteiger partial charge >= 0.3 is 13.8 Å². The fraction of sp³-hybridized carbons (Fsp3) is 0.791. The highest BCUT2D eigenvalue weighted by Crippen LogP contribution is 2.43. The molecule has 0 bridgehead atoms. The number of carbonyl (C=O) groups is 2. The molecule has 9 nitrogen and oxygen atoms in total. The number of rotatable bonds is 58. The van der Waals surface area contributed by atoms with E-state index in [1.54, 1.807) is 0 Å². The third-order valence-electron chi connectivity index (χ3n) is 14.1. The van der Waals surface area contributed by atoms with Gasteiger partial charge in [-0.15, -0.1) is 0 Å². The van der Waals surface area contributed by atoms with Crippen molar-refractivity contribution < 1.29 is 37.3 Å². The minimum atomic E-state index is -4.46. The molecule has 1 amide bonds. The summed E-state index contributed by atoms with van der Waals surface area (Å²) in [6.45, 7) is 6.87. The van der Waals surface area contributed by atoms with E-state index in [1.165, 1.54) is 161 Å². The largest absolute Gasteiger partial charge is 0.472 e. The first-order valence-corrected chi connectivity index (χ1v) is 33.8. The van der Waals surface area contributed by atoms with Crippen LogP contribution in [0.3, 0.4) is 0 Å². The Kier molecular flexibility index (Phi) is 54.8. The molecule has 0 aliphatic rings. The average molecular weight is 1100 g/mol. The first-order chi connectivity index (χ1) is 37.4. The van der Waals surface area contributed by atoms with Crippen molar-refractivity contribution in [2.24, 2.45) is 0 Å². The summed E-state index contributed by atoms with van der Waals surface area (Å²) in [6.07, 6.45) is 73.4. The maximum atomic E-state index is 13.5. The van der Waals surface area contributed by atoms with Crippen LogP contribution in [0.1, 0.15) is 290 Å². The molecule has 448 valence electrons. The normalized spacial score (nSPS) is 14.1. The molecule has 0 radical (unpaired) electrons. The minimum Gasteiger partial charge on any atom is -0.456 e. The van der Waals surface area contributed by atoms with Gasteiger partial charge in [0.1, 0.15) is 19.3 Å². The second kappa shape index (κ2) is 56.7. The van der Waals surface area contributed by atoms with Gasteiger partial charge in [0.05, 0.1) is 33.8 Å². The smallest absolute Gasteiger partial charge is 0.456 e. The quantitative estimate of drug-likeness (QED) is 0.0205. The van der Waals surface area contributed by atoms with Crippen LogP contribution in [-0.4, -0.2) is 74.3 Å². The lowest BCUT2D eigenvalue weighted by atomic mass is 10.0. The zero-order valence-corrected chi connectivity index (χ0v) is 52.1. The van der Waals surface area contributed by atoms with Crippen LogP contribution in [0.25, 0.3) is 0 Å². The van der Waals surface area contributed by atoms with Crippen LogP contribution in [0.2, 0.25) is 0 Å². The number of nitrogens with zero attached hydrogens (tertiary/aromatic N) is 1. The van der Waals surface area contributed by atoms with Gasteiger partial charge in [0.25, 0.3) is 0 Å². The number of unbranched alkanes of at least 4 members (excludes halogenated alkanes) is 32. The Hall–Kier alpha value is -2.55. The maximum Gasteiger partial charge on any atom is 0.472 e. The van der Waals surface area contributed by atoms with E-state index in [0.29, 0.717) is 17.4 Å². The molecule has 0 aromatic carbocycles. The van der Waals surface area contributed by atoms with E-state index in [4.69, 9.17) is 13.8 Å². The Morgan fingerprint density at radius 1 is 0.468 bits per heavy atom. The lowest BCUT2D eigenvalue weighted by Gasteiger charge is -2.27. The highest BCUT2D eigenvalue weighted by atomic mass is 31.2. The van der Waals surface area contributed by atoms with Gasteiger partial charge in [-0.3, -0.25) is 18.6 Å². The molecule has 3 unspecified atom stereocenters. The van der Waals surface area contributed by atoms with E-state index >= 15 is 0 Å². The average Bonchev–Trinajstić information content (AvgIpc) is 3.39. The Morgan fingerprint density at radius 3 is 1.27 bits per heavy atom. The number of allylic oxidation sites excluding steroid dienone is 11. The Labute approximate surface area is 476 Å². The molecule has 0 saturated carbocycles. The van der Waals surface area contributed by atoms with Crippen molar-refractivity contribution >= 4 is 19.7 Å². The lowest BCUT2D eigenvalue weighted by molar-refractivity contribution is -0.870. The third kappa shape index (κ3) is 57.9. The molecule has 77 heavy (non-hydrogen) atoms. The van der Waals surface area contributed by atoms with Crippen molar-refractivity contribution in [3.05, 3.63) is 72.9 Å². The molecule has 0 aliphatic carbocycles. The summed E-state index contributed by atoms with van der Waals surface area (Å²) in [5, 5.41) is 3.04. The van der Waals surface area contributed by atoms with E-state index in [9.17, 15) is 19.0 Å². The maximum absolute atomic E-state index is 13.5. The minimum absolute atomic E-state index is 0.0342. The molecule has 0 rings (SSSR count). The van der Waals surface area contributed by atoms with Crippen LogP contribution >= 0.6 is 7.82 Å². The van der Waals surface area contributed by atoms with Crippen LogP contribution in [0, 0.1) is 0 Å². The monoisotopic (exact) mass is 1100 g/mol. The van der Waals surface area contributed by atoms with Gasteiger partial charge in [-0.05, 0) is 96.0 Å². The van der Waals surface area contributed by atoms with Crippen molar-refractivity contribution in [2.45, 2.75) is 303 Å². The predicted octanol–water partition coefficient (Wildman–Crippen LogP) is 20.0. The van der Waals surface area contributed by atoms with Crippen LogP contribution in [-0.2, 0) is 27.9 Å². The number of amides is 1. The first-order valence-electron chi connectivity index (χ1n) is 32.3. The van der Waals surface area contributed by atoms with Gasteiger partial charge in [0.2, 0.25) is 5.91 Å². The number of hydrogen-bond acceptors (Lipinski definition) is 6. The van der Waals surface area contributed by atoms with E-state index < -0.39 is 20.0 Å². The molecular weight excluding hydrogens is 976 g/mol. The number of esters is 1. The van der Waals surface area contributed by atoms with Crippen molar-refractivity contribution in [1.82, 2.24) is 5.32 Å². The Bertz CT molecular complexity index is 1550. The molecule has 2 N–H and O–H groups in total. The van der Waals surface area contributed by atoms with Gasteiger partial charge < -0.3 is 19.4 Å². The highest BCUT2D eigenvalue weighted by Gasteiger charge is 2.30. The van der Waals surface area contributed by atoms with Gasteiger partial charge in [0, 0.05) is 12.8 Å². The van der Waals surface area contributed by atoms with E-state index in [0.717, 1.165) is 96.3 Å². The number of hydrogen-bond donors (Lipinski definition) is 2. The summed E-state index contributed by atoms with van der Waals surface area (Å²) >= 11 is 0. The van der Waals surface area contributed by atoms with E-state index in [2.05, 4.69) is 86.8 Å². The number of ether oxygens (including phenoxy) is 1. The molecule has 0 aliphatic heterocycles. The molecule has 10 heteroatoms. The number of phosphoric acid groups is 1.